The zero-order chi connectivity index (χ0) is 9.26. The van der Waals surface area contributed by atoms with E-state index in [1.807, 2.05) is 13.1 Å². The van der Waals surface area contributed by atoms with Crippen LogP contribution < -0.4 is 5.32 Å². The maximum Gasteiger partial charge on any atom is 0.122 e. The molecule has 2 rings (SSSR count). The van der Waals surface area contributed by atoms with Crippen LogP contribution in [-0.2, 0) is 0 Å². The van der Waals surface area contributed by atoms with Gasteiger partial charge in [0.05, 0.1) is 12.1 Å². The summed E-state index contributed by atoms with van der Waals surface area (Å²) in [6, 6.07) is 0.440. The molecular formula is C9H15N3O. The topological polar surface area (TPSA) is 60.9 Å². The van der Waals surface area contributed by atoms with Gasteiger partial charge in [0.15, 0.2) is 0 Å². The molecule has 0 amide bonds. The minimum atomic E-state index is -0.169. The number of aromatic nitrogens is 2. The van der Waals surface area contributed by atoms with E-state index in [1.54, 1.807) is 6.20 Å². The van der Waals surface area contributed by atoms with Crippen LogP contribution in [-0.4, -0.2) is 27.2 Å². The molecular weight excluding hydrogens is 166 g/mol. The quantitative estimate of drug-likeness (QED) is 0.639. The molecule has 4 nitrogen and oxygen atoms in total. The molecule has 72 valence electrons. The molecule has 3 N–H and O–H groups in total. The molecule has 0 radical (unpaired) electrons. The van der Waals surface area contributed by atoms with E-state index in [-0.39, 0.29) is 18.2 Å². The van der Waals surface area contributed by atoms with Gasteiger partial charge in [-0.2, -0.15) is 0 Å². The van der Waals surface area contributed by atoms with Gasteiger partial charge < -0.3 is 15.4 Å². The molecule has 0 saturated heterocycles. The van der Waals surface area contributed by atoms with Crippen molar-refractivity contribution in [2.45, 2.75) is 38.0 Å². The van der Waals surface area contributed by atoms with E-state index in [0.29, 0.717) is 0 Å². The van der Waals surface area contributed by atoms with Gasteiger partial charge in [-0.25, -0.2) is 4.98 Å². The first kappa shape index (κ1) is 8.72. The summed E-state index contributed by atoms with van der Waals surface area (Å²) in [7, 11) is 0. The van der Waals surface area contributed by atoms with Gasteiger partial charge in [0, 0.05) is 18.4 Å². The molecule has 0 aliphatic heterocycles. The Morgan fingerprint density at radius 2 is 2.54 bits per heavy atom. The molecule has 1 fully saturated rings. The summed E-state index contributed by atoms with van der Waals surface area (Å²) >= 11 is 0. The zero-order valence-electron chi connectivity index (χ0n) is 7.70. The number of aliphatic hydroxyl groups is 1. The lowest BCUT2D eigenvalue weighted by atomic mass is 9.89. The van der Waals surface area contributed by atoms with Gasteiger partial charge in [-0.3, -0.25) is 0 Å². The number of nitrogens with one attached hydrogen (secondary N) is 2. The number of aliphatic hydroxyl groups excluding tert-OH is 1. The first-order valence-electron chi connectivity index (χ1n) is 4.71. The normalized spacial score (nSPS) is 29.7. The lowest BCUT2D eigenvalue weighted by molar-refractivity contribution is 0.0445. The van der Waals surface area contributed by atoms with Crippen molar-refractivity contribution in [3.05, 3.63) is 18.2 Å². The zero-order valence-corrected chi connectivity index (χ0v) is 7.70. The third kappa shape index (κ3) is 1.73. The van der Waals surface area contributed by atoms with Gasteiger partial charge in [-0.1, -0.05) is 0 Å². The monoisotopic (exact) mass is 181 g/mol. The van der Waals surface area contributed by atoms with E-state index in [2.05, 4.69) is 15.3 Å². The standard InChI is InChI=1S/C9H15N3O/c1-6(9-10-4-5-11-9)12-7-2-3-8(7)13/h4-8,12-13H,2-3H2,1H3,(H,10,11)/t6?,7-,8-/m1/s1. The summed E-state index contributed by atoms with van der Waals surface area (Å²) in [5.41, 5.74) is 0. The average Bonchev–Trinajstić information content (AvgIpc) is 2.64. The fraction of sp³-hybridized carbons (Fsp3) is 0.667. The van der Waals surface area contributed by atoms with Crippen molar-refractivity contribution < 1.29 is 5.11 Å². The van der Waals surface area contributed by atoms with E-state index in [1.165, 1.54) is 0 Å². The summed E-state index contributed by atoms with van der Waals surface area (Å²) in [6.07, 6.45) is 5.36. The highest BCUT2D eigenvalue weighted by atomic mass is 16.3. The molecule has 13 heavy (non-hydrogen) atoms. The highest BCUT2D eigenvalue weighted by Crippen LogP contribution is 2.22. The van der Waals surface area contributed by atoms with Crippen molar-refractivity contribution in [3.8, 4) is 0 Å². The molecule has 0 spiro atoms. The molecule has 1 saturated carbocycles. The highest BCUT2D eigenvalue weighted by molar-refractivity contribution is 4.97. The van der Waals surface area contributed by atoms with Crippen molar-refractivity contribution in [1.29, 1.82) is 0 Å². The lowest BCUT2D eigenvalue weighted by Crippen LogP contribution is -2.48. The number of hydrogen-bond acceptors (Lipinski definition) is 3. The minimum absolute atomic E-state index is 0.169. The number of hydrogen-bond donors (Lipinski definition) is 3. The van der Waals surface area contributed by atoms with Gasteiger partial charge >= 0.3 is 0 Å². The molecule has 0 bridgehead atoms. The van der Waals surface area contributed by atoms with Crippen LogP contribution in [0, 0.1) is 0 Å². The average molecular weight is 181 g/mol. The smallest absolute Gasteiger partial charge is 0.122 e. The summed E-state index contributed by atoms with van der Waals surface area (Å²) in [6.45, 7) is 2.05. The number of H-pyrrole nitrogens is 1. The summed E-state index contributed by atoms with van der Waals surface area (Å²) in [4.78, 5) is 7.20. The van der Waals surface area contributed by atoms with E-state index in [0.717, 1.165) is 18.7 Å². The molecule has 3 atom stereocenters. The van der Waals surface area contributed by atoms with Crippen LogP contribution >= 0.6 is 0 Å². The van der Waals surface area contributed by atoms with E-state index < -0.39 is 0 Å². The number of aromatic amines is 1. The Bertz CT molecular complexity index is 260. The van der Waals surface area contributed by atoms with Gasteiger partial charge in [0.25, 0.3) is 0 Å². The Kier molecular flexibility index (Phi) is 2.33. The predicted molar refractivity (Wildman–Crippen MR) is 49.2 cm³/mol. The van der Waals surface area contributed by atoms with Crippen LogP contribution in [0.25, 0.3) is 0 Å². The largest absolute Gasteiger partial charge is 0.392 e. The SMILES string of the molecule is CC(N[C@@H]1CC[C@H]1O)c1ncc[nH]1. The fourth-order valence-electron chi connectivity index (χ4n) is 1.59. The van der Waals surface area contributed by atoms with Gasteiger partial charge in [0.2, 0.25) is 0 Å². The Morgan fingerprint density at radius 3 is 3.00 bits per heavy atom. The Balaban J connectivity index is 1.88. The Labute approximate surface area is 77.4 Å². The summed E-state index contributed by atoms with van der Waals surface area (Å²) in [5, 5.41) is 12.7. The van der Waals surface area contributed by atoms with Crippen molar-refractivity contribution >= 4 is 0 Å². The van der Waals surface area contributed by atoms with Crippen molar-refractivity contribution in [1.82, 2.24) is 15.3 Å². The van der Waals surface area contributed by atoms with Crippen LogP contribution in [0.3, 0.4) is 0 Å². The number of rotatable bonds is 3. The molecule has 4 heteroatoms. The second-order valence-corrected chi connectivity index (χ2v) is 3.61. The maximum atomic E-state index is 9.36. The van der Waals surface area contributed by atoms with Gasteiger partial charge in [-0.05, 0) is 19.8 Å². The van der Waals surface area contributed by atoms with Crippen LogP contribution in [0.1, 0.15) is 31.6 Å². The predicted octanol–water partition coefficient (Wildman–Crippen LogP) is 0.584. The molecule has 1 aromatic heterocycles. The number of nitrogens with zero attached hydrogens (tertiary/aromatic N) is 1. The molecule has 1 aliphatic carbocycles. The third-order valence-electron chi connectivity index (χ3n) is 2.63. The number of imidazole rings is 1. The second kappa shape index (κ2) is 3.47. The van der Waals surface area contributed by atoms with Crippen LogP contribution in [0.15, 0.2) is 12.4 Å². The summed E-state index contributed by atoms with van der Waals surface area (Å²) < 4.78 is 0. The van der Waals surface area contributed by atoms with Gasteiger partial charge in [0.1, 0.15) is 5.82 Å². The lowest BCUT2D eigenvalue weighted by Gasteiger charge is -2.35. The van der Waals surface area contributed by atoms with Crippen LogP contribution in [0.2, 0.25) is 0 Å². The van der Waals surface area contributed by atoms with Crippen molar-refractivity contribution in [2.24, 2.45) is 0 Å². The van der Waals surface area contributed by atoms with E-state index in [9.17, 15) is 5.11 Å². The third-order valence-corrected chi connectivity index (χ3v) is 2.63. The molecule has 0 aromatic carbocycles. The van der Waals surface area contributed by atoms with Gasteiger partial charge in [-0.15, -0.1) is 0 Å². The molecule has 1 unspecified atom stereocenters. The highest BCUT2D eigenvalue weighted by Gasteiger charge is 2.30. The molecule has 1 heterocycles. The fourth-order valence-corrected chi connectivity index (χ4v) is 1.59. The van der Waals surface area contributed by atoms with Crippen molar-refractivity contribution in [2.75, 3.05) is 0 Å². The van der Waals surface area contributed by atoms with Crippen molar-refractivity contribution in [3.63, 3.8) is 0 Å². The maximum absolute atomic E-state index is 9.36. The second-order valence-electron chi connectivity index (χ2n) is 3.61. The first-order chi connectivity index (χ1) is 6.27. The Morgan fingerprint density at radius 1 is 1.69 bits per heavy atom. The minimum Gasteiger partial charge on any atom is -0.392 e. The van der Waals surface area contributed by atoms with E-state index >= 15 is 0 Å². The molecule has 1 aromatic rings. The molecule has 1 aliphatic rings. The summed E-state index contributed by atoms with van der Waals surface area (Å²) in [5.74, 6) is 0.930. The van der Waals surface area contributed by atoms with Crippen LogP contribution in [0.5, 0.6) is 0 Å². The first-order valence-corrected chi connectivity index (χ1v) is 4.71. The van der Waals surface area contributed by atoms with Crippen LogP contribution in [0.4, 0.5) is 0 Å². The van der Waals surface area contributed by atoms with E-state index in [4.69, 9.17) is 0 Å². The Hall–Kier alpha value is -0.870.